The molecule has 1 heterocycles. The van der Waals surface area contributed by atoms with Crippen LogP contribution in [-0.4, -0.2) is 49.6 Å². The van der Waals surface area contributed by atoms with Crippen LogP contribution >= 0.6 is 0 Å². The Bertz CT molecular complexity index is 273. The Hall–Kier alpha value is -0.610. The summed E-state index contributed by atoms with van der Waals surface area (Å²) < 4.78 is 0. The van der Waals surface area contributed by atoms with E-state index >= 15 is 0 Å². The summed E-state index contributed by atoms with van der Waals surface area (Å²) in [4.78, 5) is 13.9. The Morgan fingerprint density at radius 2 is 2.05 bits per heavy atom. The monoisotopic (exact) mass is 269 g/mol. The highest BCUT2D eigenvalue weighted by molar-refractivity contribution is 5.81. The standard InChI is InChI=1S/C15H31N3O/c1-11(2)9-14(15(19)18(4)5)17-12(3)10-13-7-6-8-16-13/h11-14,16-17H,6-10H2,1-5H3. The molecule has 1 rings (SSSR count). The van der Waals surface area contributed by atoms with Crippen LogP contribution < -0.4 is 10.6 Å². The maximum Gasteiger partial charge on any atom is 0.239 e. The van der Waals surface area contributed by atoms with Gasteiger partial charge in [-0.2, -0.15) is 0 Å². The van der Waals surface area contributed by atoms with Crippen molar-refractivity contribution in [1.82, 2.24) is 15.5 Å². The van der Waals surface area contributed by atoms with E-state index in [0.717, 1.165) is 19.4 Å². The van der Waals surface area contributed by atoms with Gasteiger partial charge in [-0.3, -0.25) is 4.79 Å². The molecule has 0 saturated carbocycles. The first-order chi connectivity index (χ1) is 8.90. The zero-order chi connectivity index (χ0) is 14.4. The summed E-state index contributed by atoms with van der Waals surface area (Å²) in [6.07, 6.45) is 4.56. The fourth-order valence-corrected chi connectivity index (χ4v) is 2.82. The molecular weight excluding hydrogens is 238 g/mol. The maximum absolute atomic E-state index is 12.2. The number of carbonyl (C=O) groups excluding carboxylic acids is 1. The number of nitrogens with zero attached hydrogens (tertiary/aromatic N) is 1. The van der Waals surface area contributed by atoms with Crippen molar-refractivity contribution < 1.29 is 4.79 Å². The van der Waals surface area contributed by atoms with E-state index in [1.807, 2.05) is 14.1 Å². The number of nitrogens with one attached hydrogen (secondary N) is 2. The molecule has 1 saturated heterocycles. The van der Waals surface area contributed by atoms with Crippen molar-refractivity contribution in [1.29, 1.82) is 0 Å². The van der Waals surface area contributed by atoms with Gasteiger partial charge in [-0.1, -0.05) is 13.8 Å². The van der Waals surface area contributed by atoms with Crippen LogP contribution in [0, 0.1) is 5.92 Å². The van der Waals surface area contributed by atoms with E-state index in [-0.39, 0.29) is 11.9 Å². The summed E-state index contributed by atoms with van der Waals surface area (Å²) in [5.41, 5.74) is 0. The van der Waals surface area contributed by atoms with Gasteiger partial charge in [0.05, 0.1) is 6.04 Å². The Morgan fingerprint density at radius 1 is 1.37 bits per heavy atom. The molecule has 1 fully saturated rings. The van der Waals surface area contributed by atoms with Gasteiger partial charge in [0.25, 0.3) is 0 Å². The average molecular weight is 269 g/mol. The SMILES string of the molecule is CC(C)CC(NC(C)CC1CCCN1)C(=O)N(C)C. The highest BCUT2D eigenvalue weighted by Gasteiger charge is 2.24. The highest BCUT2D eigenvalue weighted by atomic mass is 16.2. The zero-order valence-corrected chi connectivity index (χ0v) is 13.2. The van der Waals surface area contributed by atoms with Crippen molar-refractivity contribution in [3.63, 3.8) is 0 Å². The molecule has 4 nitrogen and oxygen atoms in total. The van der Waals surface area contributed by atoms with Gasteiger partial charge >= 0.3 is 0 Å². The fraction of sp³-hybridized carbons (Fsp3) is 0.933. The number of rotatable bonds is 7. The van der Waals surface area contributed by atoms with Gasteiger partial charge in [0, 0.05) is 26.2 Å². The molecule has 1 aliphatic heterocycles. The van der Waals surface area contributed by atoms with Crippen molar-refractivity contribution in [3.05, 3.63) is 0 Å². The van der Waals surface area contributed by atoms with Gasteiger partial charge in [0.15, 0.2) is 0 Å². The molecule has 1 aliphatic rings. The Balaban J connectivity index is 2.47. The summed E-state index contributed by atoms with van der Waals surface area (Å²) in [6.45, 7) is 7.67. The summed E-state index contributed by atoms with van der Waals surface area (Å²) in [7, 11) is 3.67. The number of amides is 1. The third kappa shape index (κ3) is 5.91. The molecule has 3 unspecified atom stereocenters. The Morgan fingerprint density at radius 3 is 2.53 bits per heavy atom. The lowest BCUT2D eigenvalue weighted by atomic mass is 10.00. The molecule has 2 N–H and O–H groups in total. The van der Waals surface area contributed by atoms with Gasteiger partial charge in [-0.15, -0.1) is 0 Å². The summed E-state index contributed by atoms with van der Waals surface area (Å²) in [5.74, 6) is 0.720. The van der Waals surface area contributed by atoms with E-state index in [4.69, 9.17) is 0 Å². The van der Waals surface area contributed by atoms with Crippen molar-refractivity contribution in [2.24, 2.45) is 5.92 Å². The molecular formula is C15H31N3O. The second-order valence-electron chi connectivity index (χ2n) is 6.51. The largest absolute Gasteiger partial charge is 0.347 e. The molecule has 3 atom stereocenters. The molecule has 0 aromatic rings. The smallest absolute Gasteiger partial charge is 0.239 e. The summed E-state index contributed by atoms with van der Waals surface area (Å²) in [5, 5.41) is 7.04. The van der Waals surface area contributed by atoms with Crippen molar-refractivity contribution in [2.75, 3.05) is 20.6 Å². The van der Waals surface area contributed by atoms with Crippen LogP contribution in [0.1, 0.15) is 46.5 Å². The normalized spacial score (nSPS) is 22.5. The first-order valence-corrected chi connectivity index (χ1v) is 7.60. The Labute approximate surface area is 118 Å². The second kappa shape index (κ2) is 7.85. The average Bonchev–Trinajstić information content (AvgIpc) is 2.78. The molecule has 1 amide bonds. The van der Waals surface area contributed by atoms with Crippen LogP contribution in [0.4, 0.5) is 0 Å². The number of carbonyl (C=O) groups is 1. The minimum absolute atomic E-state index is 0.0496. The molecule has 0 radical (unpaired) electrons. The first kappa shape index (κ1) is 16.4. The lowest BCUT2D eigenvalue weighted by molar-refractivity contribution is -0.131. The number of hydrogen-bond acceptors (Lipinski definition) is 3. The first-order valence-electron chi connectivity index (χ1n) is 7.60. The van der Waals surface area contributed by atoms with Crippen LogP contribution in [0.5, 0.6) is 0 Å². The molecule has 0 aromatic carbocycles. The predicted molar refractivity (Wildman–Crippen MR) is 80.2 cm³/mol. The number of hydrogen-bond donors (Lipinski definition) is 2. The lowest BCUT2D eigenvalue weighted by Gasteiger charge is -2.27. The van der Waals surface area contributed by atoms with Crippen molar-refractivity contribution in [3.8, 4) is 0 Å². The molecule has 0 aromatic heterocycles. The van der Waals surface area contributed by atoms with Crippen LogP contribution in [0.3, 0.4) is 0 Å². The molecule has 0 aliphatic carbocycles. The van der Waals surface area contributed by atoms with Gasteiger partial charge in [0.1, 0.15) is 0 Å². The zero-order valence-electron chi connectivity index (χ0n) is 13.2. The minimum atomic E-state index is -0.0496. The quantitative estimate of drug-likeness (QED) is 0.738. The van der Waals surface area contributed by atoms with E-state index in [0.29, 0.717) is 18.0 Å². The van der Waals surface area contributed by atoms with Crippen molar-refractivity contribution >= 4 is 5.91 Å². The Kier molecular flexibility index (Phi) is 6.80. The van der Waals surface area contributed by atoms with Gasteiger partial charge < -0.3 is 15.5 Å². The summed E-state index contributed by atoms with van der Waals surface area (Å²) >= 11 is 0. The molecule has 0 bridgehead atoms. The lowest BCUT2D eigenvalue weighted by Crippen LogP contribution is -2.48. The molecule has 4 heteroatoms. The number of likely N-dealkylation sites (N-methyl/N-ethyl adjacent to an activating group) is 1. The fourth-order valence-electron chi connectivity index (χ4n) is 2.82. The molecule has 0 spiro atoms. The maximum atomic E-state index is 12.2. The third-order valence-corrected chi connectivity index (χ3v) is 3.73. The van der Waals surface area contributed by atoms with E-state index in [9.17, 15) is 4.79 Å². The van der Waals surface area contributed by atoms with Crippen LogP contribution in [-0.2, 0) is 4.79 Å². The van der Waals surface area contributed by atoms with Gasteiger partial charge in [-0.25, -0.2) is 0 Å². The van der Waals surface area contributed by atoms with Crippen LogP contribution in [0.15, 0.2) is 0 Å². The topological polar surface area (TPSA) is 44.4 Å². The third-order valence-electron chi connectivity index (χ3n) is 3.73. The van der Waals surface area contributed by atoms with E-state index in [2.05, 4.69) is 31.4 Å². The van der Waals surface area contributed by atoms with E-state index in [1.54, 1.807) is 4.90 Å². The predicted octanol–water partition coefficient (Wildman–Crippen LogP) is 1.61. The van der Waals surface area contributed by atoms with E-state index in [1.165, 1.54) is 12.8 Å². The molecule has 19 heavy (non-hydrogen) atoms. The van der Waals surface area contributed by atoms with E-state index < -0.39 is 0 Å². The van der Waals surface area contributed by atoms with Gasteiger partial charge in [0.2, 0.25) is 5.91 Å². The van der Waals surface area contributed by atoms with Crippen LogP contribution in [0.2, 0.25) is 0 Å². The second-order valence-corrected chi connectivity index (χ2v) is 6.51. The van der Waals surface area contributed by atoms with Crippen LogP contribution in [0.25, 0.3) is 0 Å². The minimum Gasteiger partial charge on any atom is -0.347 e. The summed E-state index contributed by atoms with van der Waals surface area (Å²) in [6, 6.07) is 0.950. The van der Waals surface area contributed by atoms with Gasteiger partial charge in [-0.05, 0) is 45.1 Å². The highest BCUT2D eigenvalue weighted by Crippen LogP contribution is 2.13. The molecule has 112 valence electrons. The van der Waals surface area contributed by atoms with Crippen molar-refractivity contribution in [2.45, 2.75) is 64.6 Å².